The number of nitro benzene ring substituents is 1. The highest BCUT2D eigenvalue weighted by atomic mass is 16.6. The van der Waals surface area contributed by atoms with Crippen LogP contribution in [0.3, 0.4) is 0 Å². The van der Waals surface area contributed by atoms with Crippen LogP contribution in [0.2, 0.25) is 0 Å². The van der Waals surface area contributed by atoms with Gasteiger partial charge in [0, 0.05) is 23.6 Å². The summed E-state index contributed by atoms with van der Waals surface area (Å²) in [5.74, 6) is 0.249. The maximum atomic E-state index is 11.0. The molecule has 0 aliphatic rings. The van der Waals surface area contributed by atoms with Crippen LogP contribution in [0.25, 0.3) is 0 Å². The predicted molar refractivity (Wildman–Crippen MR) is 64.3 cm³/mol. The minimum Gasteiger partial charge on any atom is -0.330 e. The molecule has 0 bridgehead atoms. The molecule has 0 spiro atoms. The SMILES string of the molecule is CC(C)C(C)(CN)c1ccccc1[N+](=O)[O-]. The number of benzene rings is 1. The van der Waals surface area contributed by atoms with Crippen molar-refractivity contribution < 1.29 is 4.92 Å². The number of hydrogen-bond acceptors (Lipinski definition) is 3. The van der Waals surface area contributed by atoms with Crippen molar-refractivity contribution in [3.8, 4) is 0 Å². The average molecular weight is 222 g/mol. The van der Waals surface area contributed by atoms with Gasteiger partial charge in [0.05, 0.1) is 4.92 Å². The summed E-state index contributed by atoms with van der Waals surface area (Å²) in [5, 5.41) is 11.0. The van der Waals surface area contributed by atoms with Gasteiger partial charge in [-0.25, -0.2) is 0 Å². The third-order valence-corrected chi connectivity index (χ3v) is 3.41. The number of hydrogen-bond donors (Lipinski definition) is 1. The van der Waals surface area contributed by atoms with Crippen LogP contribution in [0.5, 0.6) is 0 Å². The van der Waals surface area contributed by atoms with E-state index in [2.05, 4.69) is 0 Å². The molecule has 0 saturated heterocycles. The van der Waals surface area contributed by atoms with Crippen LogP contribution in [-0.2, 0) is 5.41 Å². The Hall–Kier alpha value is -1.42. The number of nitro groups is 1. The number of nitrogens with two attached hydrogens (primary N) is 1. The first kappa shape index (κ1) is 12.6. The largest absolute Gasteiger partial charge is 0.330 e. The summed E-state index contributed by atoms with van der Waals surface area (Å²) in [4.78, 5) is 10.6. The minimum absolute atomic E-state index is 0.157. The van der Waals surface area contributed by atoms with E-state index in [9.17, 15) is 10.1 Å². The first-order valence-electron chi connectivity index (χ1n) is 5.37. The normalized spacial score (nSPS) is 14.8. The van der Waals surface area contributed by atoms with Crippen molar-refractivity contribution in [2.75, 3.05) is 6.54 Å². The van der Waals surface area contributed by atoms with Crippen molar-refractivity contribution in [2.45, 2.75) is 26.2 Å². The summed E-state index contributed by atoms with van der Waals surface area (Å²) in [7, 11) is 0. The fraction of sp³-hybridized carbons (Fsp3) is 0.500. The maximum absolute atomic E-state index is 11.0. The van der Waals surface area contributed by atoms with E-state index in [1.54, 1.807) is 12.1 Å². The van der Waals surface area contributed by atoms with E-state index in [0.29, 0.717) is 6.54 Å². The van der Waals surface area contributed by atoms with Crippen LogP contribution in [0.1, 0.15) is 26.3 Å². The topological polar surface area (TPSA) is 69.2 Å². The first-order valence-corrected chi connectivity index (χ1v) is 5.37. The Bertz CT molecular complexity index is 390. The van der Waals surface area contributed by atoms with Crippen molar-refractivity contribution in [2.24, 2.45) is 11.7 Å². The Morgan fingerprint density at radius 3 is 2.44 bits per heavy atom. The van der Waals surface area contributed by atoms with Gasteiger partial charge in [0.2, 0.25) is 0 Å². The highest BCUT2D eigenvalue weighted by Gasteiger charge is 2.34. The lowest BCUT2D eigenvalue weighted by molar-refractivity contribution is -0.386. The summed E-state index contributed by atoms with van der Waals surface area (Å²) < 4.78 is 0. The molecule has 0 saturated carbocycles. The summed E-state index contributed by atoms with van der Waals surface area (Å²) in [6.45, 7) is 6.43. The van der Waals surface area contributed by atoms with Gasteiger partial charge in [-0.2, -0.15) is 0 Å². The maximum Gasteiger partial charge on any atom is 0.273 e. The summed E-state index contributed by atoms with van der Waals surface area (Å²) in [6.07, 6.45) is 0. The molecule has 0 amide bonds. The Morgan fingerprint density at radius 2 is 2.00 bits per heavy atom. The zero-order chi connectivity index (χ0) is 12.3. The molecule has 1 aromatic carbocycles. The standard InChI is InChI=1S/C12H18N2O2/c1-9(2)12(3,8-13)10-6-4-5-7-11(10)14(15)16/h4-7,9H,8,13H2,1-3H3. The molecule has 0 fully saturated rings. The molecule has 2 N–H and O–H groups in total. The quantitative estimate of drug-likeness (QED) is 0.628. The Labute approximate surface area is 95.6 Å². The van der Waals surface area contributed by atoms with Crippen LogP contribution in [0.4, 0.5) is 5.69 Å². The summed E-state index contributed by atoms with van der Waals surface area (Å²) in [6, 6.07) is 6.83. The summed E-state index contributed by atoms with van der Waals surface area (Å²) >= 11 is 0. The fourth-order valence-corrected chi connectivity index (χ4v) is 1.77. The first-order chi connectivity index (χ1) is 7.43. The molecule has 0 aliphatic carbocycles. The third kappa shape index (κ3) is 2.07. The molecule has 0 aromatic heterocycles. The van der Waals surface area contributed by atoms with Gasteiger partial charge in [-0.05, 0) is 5.92 Å². The zero-order valence-corrected chi connectivity index (χ0v) is 9.93. The smallest absolute Gasteiger partial charge is 0.273 e. The Balaban J connectivity index is 3.36. The molecule has 4 heteroatoms. The minimum atomic E-state index is -0.357. The van der Waals surface area contributed by atoms with Crippen LogP contribution in [-0.4, -0.2) is 11.5 Å². The van der Waals surface area contributed by atoms with E-state index in [1.807, 2.05) is 26.8 Å². The van der Waals surface area contributed by atoms with E-state index in [4.69, 9.17) is 5.73 Å². The van der Waals surface area contributed by atoms with E-state index in [1.165, 1.54) is 6.07 Å². The fourth-order valence-electron chi connectivity index (χ4n) is 1.77. The zero-order valence-electron chi connectivity index (χ0n) is 9.93. The molecule has 88 valence electrons. The van der Waals surface area contributed by atoms with Crippen molar-refractivity contribution >= 4 is 5.69 Å². The monoisotopic (exact) mass is 222 g/mol. The average Bonchev–Trinajstić information content (AvgIpc) is 2.27. The molecule has 1 unspecified atom stereocenters. The van der Waals surface area contributed by atoms with Gasteiger partial charge >= 0.3 is 0 Å². The van der Waals surface area contributed by atoms with Gasteiger partial charge in [-0.15, -0.1) is 0 Å². The van der Waals surface area contributed by atoms with Crippen molar-refractivity contribution in [1.82, 2.24) is 0 Å². The van der Waals surface area contributed by atoms with Gasteiger partial charge in [-0.3, -0.25) is 10.1 Å². The molecule has 0 radical (unpaired) electrons. The molecule has 1 atom stereocenters. The van der Waals surface area contributed by atoms with Crippen LogP contribution in [0, 0.1) is 16.0 Å². The van der Waals surface area contributed by atoms with Gasteiger partial charge < -0.3 is 5.73 Å². The Kier molecular flexibility index (Phi) is 3.65. The van der Waals surface area contributed by atoms with Gasteiger partial charge in [0.15, 0.2) is 0 Å². The molecular formula is C12H18N2O2. The van der Waals surface area contributed by atoms with Crippen LogP contribution >= 0.6 is 0 Å². The van der Waals surface area contributed by atoms with Crippen LogP contribution < -0.4 is 5.73 Å². The van der Waals surface area contributed by atoms with E-state index >= 15 is 0 Å². The second-order valence-corrected chi connectivity index (χ2v) is 4.55. The van der Waals surface area contributed by atoms with E-state index in [-0.39, 0.29) is 21.9 Å². The lowest BCUT2D eigenvalue weighted by Gasteiger charge is -2.32. The van der Waals surface area contributed by atoms with Crippen molar-refractivity contribution in [3.05, 3.63) is 39.9 Å². The van der Waals surface area contributed by atoms with E-state index < -0.39 is 0 Å². The Morgan fingerprint density at radius 1 is 1.44 bits per heavy atom. The van der Waals surface area contributed by atoms with E-state index in [0.717, 1.165) is 5.56 Å². The third-order valence-electron chi connectivity index (χ3n) is 3.41. The molecule has 1 aromatic rings. The lowest BCUT2D eigenvalue weighted by Crippen LogP contribution is -2.37. The number of para-hydroxylation sites is 1. The number of nitrogens with zero attached hydrogens (tertiary/aromatic N) is 1. The predicted octanol–water partition coefficient (Wildman–Crippen LogP) is 2.47. The van der Waals surface area contributed by atoms with Gasteiger partial charge in [0.1, 0.15) is 0 Å². The van der Waals surface area contributed by atoms with Crippen LogP contribution in [0.15, 0.2) is 24.3 Å². The second kappa shape index (κ2) is 4.61. The molecular weight excluding hydrogens is 204 g/mol. The second-order valence-electron chi connectivity index (χ2n) is 4.55. The highest BCUT2D eigenvalue weighted by Crippen LogP contribution is 2.36. The van der Waals surface area contributed by atoms with Crippen molar-refractivity contribution in [3.63, 3.8) is 0 Å². The molecule has 0 aliphatic heterocycles. The highest BCUT2D eigenvalue weighted by molar-refractivity contribution is 5.45. The molecule has 1 rings (SSSR count). The lowest BCUT2D eigenvalue weighted by atomic mass is 9.73. The number of rotatable bonds is 4. The molecule has 4 nitrogen and oxygen atoms in total. The van der Waals surface area contributed by atoms with Gasteiger partial charge in [-0.1, -0.05) is 39.0 Å². The van der Waals surface area contributed by atoms with Crippen molar-refractivity contribution in [1.29, 1.82) is 0 Å². The molecule has 16 heavy (non-hydrogen) atoms. The van der Waals surface area contributed by atoms with Gasteiger partial charge in [0.25, 0.3) is 5.69 Å². The molecule has 0 heterocycles. The summed E-state index contributed by atoms with van der Waals surface area (Å²) in [5.41, 5.74) is 6.31.